The molecule has 0 saturated carbocycles. The number of nitrogens with one attached hydrogen (secondary N) is 1. The molecule has 1 N–H and O–H groups in total. The monoisotopic (exact) mass is 260 g/mol. The van der Waals surface area contributed by atoms with Gasteiger partial charge in [-0.05, 0) is 43.4 Å². The summed E-state index contributed by atoms with van der Waals surface area (Å²) in [6.07, 6.45) is 1.35. The molecule has 19 heavy (non-hydrogen) atoms. The molecule has 0 amide bonds. The van der Waals surface area contributed by atoms with E-state index in [1.807, 2.05) is 0 Å². The normalized spacial score (nSPS) is 27.6. The molecule has 1 aliphatic heterocycles. The minimum absolute atomic E-state index is 0.638. The third-order valence-corrected chi connectivity index (χ3v) is 4.46. The largest absolute Gasteiger partial charge is 0.368 e. The fourth-order valence-electron chi connectivity index (χ4n) is 3.23. The molecule has 0 bridgehead atoms. The van der Waals surface area contributed by atoms with E-state index in [1.165, 1.54) is 24.2 Å². The summed E-state index contributed by atoms with van der Waals surface area (Å²) < 4.78 is 0. The van der Waals surface area contributed by atoms with Crippen molar-refractivity contribution in [1.29, 1.82) is 0 Å². The zero-order valence-electron chi connectivity index (χ0n) is 12.8. The molecular weight excluding hydrogens is 232 g/mol. The second-order valence-corrected chi connectivity index (χ2v) is 6.12. The van der Waals surface area contributed by atoms with E-state index in [0.29, 0.717) is 6.04 Å². The fourth-order valence-corrected chi connectivity index (χ4v) is 3.23. The number of hydrogen-bond acceptors (Lipinski definition) is 2. The number of hydrogen-bond donors (Lipinski definition) is 1. The summed E-state index contributed by atoms with van der Waals surface area (Å²) >= 11 is 0. The van der Waals surface area contributed by atoms with Gasteiger partial charge < -0.3 is 10.2 Å². The third-order valence-electron chi connectivity index (χ3n) is 4.46. The van der Waals surface area contributed by atoms with Crippen molar-refractivity contribution in [2.24, 2.45) is 11.8 Å². The Morgan fingerprint density at radius 2 is 1.95 bits per heavy atom. The van der Waals surface area contributed by atoms with E-state index in [4.69, 9.17) is 0 Å². The van der Waals surface area contributed by atoms with Crippen LogP contribution in [0, 0.1) is 11.8 Å². The van der Waals surface area contributed by atoms with Crippen LogP contribution in [0.3, 0.4) is 0 Å². The number of piperidine rings is 1. The first kappa shape index (κ1) is 14.4. The van der Waals surface area contributed by atoms with Crippen LogP contribution in [0.15, 0.2) is 24.3 Å². The van der Waals surface area contributed by atoms with Gasteiger partial charge in [0.15, 0.2) is 0 Å². The lowest BCUT2D eigenvalue weighted by Gasteiger charge is -2.43. The maximum absolute atomic E-state index is 3.45. The quantitative estimate of drug-likeness (QED) is 0.888. The number of anilines is 1. The molecule has 1 aliphatic rings. The standard InChI is InChI=1S/C17H28N2/c1-5-18-11-16-8-6-7-9-17(16)19-12-13(2)10-14(3)15(19)4/h6-9,13-15,18H,5,10-12H2,1-4H3. The topological polar surface area (TPSA) is 15.3 Å². The number of para-hydroxylation sites is 1. The van der Waals surface area contributed by atoms with Gasteiger partial charge in [0, 0.05) is 24.8 Å². The van der Waals surface area contributed by atoms with Crippen LogP contribution in [0.1, 0.15) is 39.7 Å². The first-order valence-electron chi connectivity index (χ1n) is 7.68. The zero-order chi connectivity index (χ0) is 13.8. The van der Waals surface area contributed by atoms with Crippen LogP contribution in [-0.4, -0.2) is 19.1 Å². The molecule has 1 aromatic carbocycles. The van der Waals surface area contributed by atoms with Gasteiger partial charge in [-0.15, -0.1) is 0 Å². The van der Waals surface area contributed by atoms with Crippen molar-refractivity contribution in [1.82, 2.24) is 5.32 Å². The van der Waals surface area contributed by atoms with E-state index < -0.39 is 0 Å². The molecule has 0 aromatic heterocycles. The molecule has 2 rings (SSSR count). The van der Waals surface area contributed by atoms with E-state index >= 15 is 0 Å². The first-order valence-corrected chi connectivity index (χ1v) is 7.68. The van der Waals surface area contributed by atoms with Crippen molar-refractivity contribution in [3.05, 3.63) is 29.8 Å². The minimum Gasteiger partial charge on any atom is -0.368 e. The van der Waals surface area contributed by atoms with Crippen LogP contribution in [0.25, 0.3) is 0 Å². The summed E-state index contributed by atoms with van der Waals surface area (Å²) in [5, 5.41) is 3.45. The maximum atomic E-state index is 3.45. The number of nitrogens with zero attached hydrogens (tertiary/aromatic N) is 1. The van der Waals surface area contributed by atoms with E-state index in [9.17, 15) is 0 Å². The highest BCUT2D eigenvalue weighted by molar-refractivity contribution is 5.55. The van der Waals surface area contributed by atoms with E-state index in [2.05, 4.69) is 62.2 Å². The van der Waals surface area contributed by atoms with Gasteiger partial charge in [-0.3, -0.25) is 0 Å². The summed E-state index contributed by atoms with van der Waals surface area (Å²) in [5.74, 6) is 1.56. The Labute approximate surface area is 118 Å². The summed E-state index contributed by atoms with van der Waals surface area (Å²) in [7, 11) is 0. The summed E-state index contributed by atoms with van der Waals surface area (Å²) in [5.41, 5.74) is 2.85. The van der Waals surface area contributed by atoms with Gasteiger partial charge in [0.25, 0.3) is 0 Å². The molecule has 2 heteroatoms. The molecular formula is C17H28N2. The molecule has 2 nitrogen and oxygen atoms in total. The van der Waals surface area contributed by atoms with Crippen molar-refractivity contribution in [2.45, 2.75) is 46.7 Å². The molecule has 0 spiro atoms. The average molecular weight is 260 g/mol. The first-order chi connectivity index (χ1) is 9.13. The van der Waals surface area contributed by atoms with Crippen molar-refractivity contribution in [2.75, 3.05) is 18.0 Å². The molecule has 0 radical (unpaired) electrons. The fraction of sp³-hybridized carbons (Fsp3) is 0.647. The predicted molar refractivity (Wildman–Crippen MR) is 83.6 cm³/mol. The van der Waals surface area contributed by atoms with Gasteiger partial charge in [0.05, 0.1) is 0 Å². The van der Waals surface area contributed by atoms with Crippen molar-refractivity contribution < 1.29 is 0 Å². The van der Waals surface area contributed by atoms with E-state index in [-0.39, 0.29) is 0 Å². The van der Waals surface area contributed by atoms with Gasteiger partial charge in [0.2, 0.25) is 0 Å². The maximum Gasteiger partial charge on any atom is 0.0414 e. The molecule has 1 fully saturated rings. The van der Waals surface area contributed by atoms with E-state index in [0.717, 1.165) is 24.9 Å². The summed E-state index contributed by atoms with van der Waals surface area (Å²) in [6.45, 7) is 12.5. The SMILES string of the molecule is CCNCc1ccccc1N1CC(C)CC(C)C1C. The Bertz CT molecular complexity index is 402. The second kappa shape index (κ2) is 6.42. The van der Waals surface area contributed by atoms with Gasteiger partial charge in [-0.25, -0.2) is 0 Å². The smallest absolute Gasteiger partial charge is 0.0414 e. The van der Waals surface area contributed by atoms with Gasteiger partial charge in [0.1, 0.15) is 0 Å². The highest BCUT2D eigenvalue weighted by Gasteiger charge is 2.29. The predicted octanol–water partition coefficient (Wildman–Crippen LogP) is 3.67. The van der Waals surface area contributed by atoms with E-state index in [1.54, 1.807) is 0 Å². The molecule has 106 valence electrons. The molecule has 3 atom stereocenters. The molecule has 1 saturated heterocycles. The molecule has 1 aromatic rings. The van der Waals surface area contributed by atoms with Crippen molar-refractivity contribution >= 4 is 5.69 Å². The third kappa shape index (κ3) is 3.30. The van der Waals surface area contributed by atoms with Gasteiger partial charge in [-0.2, -0.15) is 0 Å². The van der Waals surface area contributed by atoms with Crippen LogP contribution < -0.4 is 10.2 Å². The van der Waals surface area contributed by atoms with Crippen LogP contribution >= 0.6 is 0 Å². The minimum atomic E-state index is 0.638. The Kier molecular flexibility index (Phi) is 4.87. The molecule has 1 heterocycles. The number of rotatable bonds is 4. The lowest BCUT2D eigenvalue weighted by atomic mass is 9.85. The Morgan fingerprint density at radius 3 is 2.68 bits per heavy atom. The number of benzene rings is 1. The van der Waals surface area contributed by atoms with Crippen molar-refractivity contribution in [3.8, 4) is 0 Å². The van der Waals surface area contributed by atoms with Crippen LogP contribution in [0.2, 0.25) is 0 Å². The highest BCUT2D eigenvalue weighted by Crippen LogP contribution is 2.33. The average Bonchev–Trinajstić information content (AvgIpc) is 2.41. The lowest BCUT2D eigenvalue weighted by molar-refractivity contribution is 0.296. The summed E-state index contributed by atoms with van der Waals surface area (Å²) in [4.78, 5) is 2.62. The Balaban J connectivity index is 2.24. The van der Waals surface area contributed by atoms with Crippen LogP contribution in [-0.2, 0) is 6.54 Å². The van der Waals surface area contributed by atoms with Crippen LogP contribution in [0.4, 0.5) is 5.69 Å². The second-order valence-electron chi connectivity index (χ2n) is 6.12. The Morgan fingerprint density at radius 1 is 1.21 bits per heavy atom. The molecule has 0 aliphatic carbocycles. The zero-order valence-corrected chi connectivity index (χ0v) is 12.8. The Hall–Kier alpha value is -1.02. The van der Waals surface area contributed by atoms with Gasteiger partial charge in [-0.1, -0.05) is 39.0 Å². The molecule has 3 unspecified atom stereocenters. The van der Waals surface area contributed by atoms with Crippen molar-refractivity contribution in [3.63, 3.8) is 0 Å². The van der Waals surface area contributed by atoms with Gasteiger partial charge >= 0.3 is 0 Å². The highest BCUT2D eigenvalue weighted by atomic mass is 15.2. The lowest BCUT2D eigenvalue weighted by Crippen LogP contribution is -2.46. The van der Waals surface area contributed by atoms with Crippen LogP contribution in [0.5, 0.6) is 0 Å². The summed E-state index contributed by atoms with van der Waals surface area (Å²) in [6, 6.07) is 9.50.